The van der Waals surface area contributed by atoms with Crippen LogP contribution in [0.25, 0.3) is 0 Å². The molecule has 0 saturated heterocycles. The lowest BCUT2D eigenvalue weighted by atomic mass is 10.1. The standard InChI is InChI=1S/C11H28N6O/c12-3-1-2-10(11(18)16-7-4-13)17(8-5-14)9-6-15/h10H,1-9,12-15H2,(H,16,18)/t10-/m1/s1. The third-order valence-corrected chi connectivity index (χ3v) is 2.70. The van der Waals surface area contributed by atoms with Crippen LogP contribution < -0.4 is 28.3 Å². The molecule has 0 aromatic rings. The van der Waals surface area contributed by atoms with Crippen LogP contribution in [0.5, 0.6) is 0 Å². The molecule has 0 aromatic heterocycles. The van der Waals surface area contributed by atoms with Crippen LogP contribution >= 0.6 is 0 Å². The quantitative estimate of drug-likeness (QED) is 0.276. The molecule has 0 fully saturated rings. The fourth-order valence-electron chi connectivity index (χ4n) is 1.86. The Kier molecular flexibility index (Phi) is 10.9. The lowest BCUT2D eigenvalue weighted by Crippen LogP contribution is -2.51. The highest BCUT2D eigenvalue weighted by Crippen LogP contribution is 2.06. The minimum absolute atomic E-state index is 0.0178. The van der Waals surface area contributed by atoms with Crippen molar-refractivity contribution in [3.8, 4) is 0 Å². The fraction of sp³-hybridized carbons (Fsp3) is 0.909. The maximum absolute atomic E-state index is 12.1. The normalized spacial score (nSPS) is 12.7. The second-order valence-electron chi connectivity index (χ2n) is 4.14. The fourth-order valence-corrected chi connectivity index (χ4v) is 1.86. The number of hydrogen-bond donors (Lipinski definition) is 5. The van der Waals surface area contributed by atoms with Crippen LogP contribution in [-0.2, 0) is 4.79 Å². The van der Waals surface area contributed by atoms with Gasteiger partial charge < -0.3 is 28.3 Å². The van der Waals surface area contributed by atoms with E-state index in [0.29, 0.717) is 52.2 Å². The van der Waals surface area contributed by atoms with Gasteiger partial charge in [-0.05, 0) is 19.4 Å². The first-order valence-electron chi connectivity index (χ1n) is 6.53. The molecule has 0 radical (unpaired) electrons. The van der Waals surface area contributed by atoms with Gasteiger partial charge in [0.2, 0.25) is 5.91 Å². The summed E-state index contributed by atoms with van der Waals surface area (Å²) in [7, 11) is 0. The van der Waals surface area contributed by atoms with E-state index < -0.39 is 0 Å². The summed E-state index contributed by atoms with van der Waals surface area (Å²) >= 11 is 0. The summed E-state index contributed by atoms with van der Waals surface area (Å²) in [5, 5.41) is 2.81. The van der Waals surface area contributed by atoms with Crippen LogP contribution in [0.15, 0.2) is 0 Å². The molecule has 0 heterocycles. The van der Waals surface area contributed by atoms with Gasteiger partial charge in [0.05, 0.1) is 6.04 Å². The number of rotatable bonds is 11. The average molecular weight is 260 g/mol. The SMILES string of the molecule is NCCC[C@H](C(=O)NCCN)N(CCN)CCN. The highest BCUT2D eigenvalue weighted by Gasteiger charge is 2.23. The molecule has 0 aliphatic heterocycles. The average Bonchev–Trinajstić information content (AvgIpc) is 2.37. The van der Waals surface area contributed by atoms with E-state index in [0.717, 1.165) is 6.42 Å². The minimum Gasteiger partial charge on any atom is -0.353 e. The van der Waals surface area contributed by atoms with Crippen LogP contribution in [0.2, 0.25) is 0 Å². The van der Waals surface area contributed by atoms with Gasteiger partial charge >= 0.3 is 0 Å². The molecule has 0 aliphatic carbocycles. The smallest absolute Gasteiger partial charge is 0.237 e. The summed E-state index contributed by atoms with van der Waals surface area (Å²) in [6.45, 7) is 3.80. The number of amides is 1. The number of nitrogens with two attached hydrogens (primary N) is 4. The van der Waals surface area contributed by atoms with Gasteiger partial charge in [0.15, 0.2) is 0 Å². The number of hydrogen-bond acceptors (Lipinski definition) is 6. The molecule has 1 atom stereocenters. The molecule has 108 valence electrons. The van der Waals surface area contributed by atoms with Crippen LogP contribution in [-0.4, -0.2) is 62.7 Å². The van der Waals surface area contributed by atoms with Gasteiger partial charge in [0.1, 0.15) is 0 Å². The first kappa shape index (κ1) is 17.3. The monoisotopic (exact) mass is 260 g/mol. The van der Waals surface area contributed by atoms with Crippen molar-refractivity contribution in [1.29, 1.82) is 0 Å². The third kappa shape index (κ3) is 6.87. The maximum atomic E-state index is 12.1. The highest BCUT2D eigenvalue weighted by atomic mass is 16.2. The number of nitrogens with one attached hydrogen (secondary N) is 1. The molecule has 0 aromatic carbocycles. The van der Waals surface area contributed by atoms with E-state index in [4.69, 9.17) is 22.9 Å². The van der Waals surface area contributed by atoms with E-state index in [9.17, 15) is 4.79 Å². The van der Waals surface area contributed by atoms with E-state index in [1.807, 2.05) is 4.90 Å². The van der Waals surface area contributed by atoms with Gasteiger partial charge in [-0.1, -0.05) is 0 Å². The van der Waals surface area contributed by atoms with Gasteiger partial charge in [0, 0.05) is 39.3 Å². The highest BCUT2D eigenvalue weighted by molar-refractivity contribution is 5.81. The van der Waals surface area contributed by atoms with Crippen molar-refractivity contribution < 1.29 is 4.79 Å². The van der Waals surface area contributed by atoms with Gasteiger partial charge in [-0.25, -0.2) is 0 Å². The van der Waals surface area contributed by atoms with Crippen molar-refractivity contribution in [1.82, 2.24) is 10.2 Å². The summed E-state index contributed by atoms with van der Waals surface area (Å²) < 4.78 is 0. The van der Waals surface area contributed by atoms with Crippen LogP contribution in [0.3, 0.4) is 0 Å². The molecule has 0 spiro atoms. The summed E-state index contributed by atoms with van der Waals surface area (Å²) in [5.74, 6) is -0.0178. The summed E-state index contributed by atoms with van der Waals surface area (Å²) in [6.07, 6.45) is 1.51. The molecule has 0 bridgehead atoms. The van der Waals surface area contributed by atoms with E-state index >= 15 is 0 Å². The number of carbonyl (C=O) groups excluding carboxylic acids is 1. The Morgan fingerprint density at radius 1 is 1.00 bits per heavy atom. The molecule has 0 unspecified atom stereocenters. The van der Waals surface area contributed by atoms with Crippen molar-refractivity contribution in [3.63, 3.8) is 0 Å². The molecule has 7 heteroatoms. The van der Waals surface area contributed by atoms with Crippen molar-refractivity contribution in [3.05, 3.63) is 0 Å². The largest absolute Gasteiger partial charge is 0.353 e. The van der Waals surface area contributed by atoms with Gasteiger partial charge in [-0.15, -0.1) is 0 Å². The van der Waals surface area contributed by atoms with E-state index in [-0.39, 0.29) is 11.9 Å². The second-order valence-corrected chi connectivity index (χ2v) is 4.14. The molecule has 0 rings (SSSR count). The molecule has 1 amide bonds. The third-order valence-electron chi connectivity index (χ3n) is 2.70. The topological polar surface area (TPSA) is 136 Å². The van der Waals surface area contributed by atoms with Crippen LogP contribution in [0.1, 0.15) is 12.8 Å². The summed E-state index contributed by atoms with van der Waals surface area (Å²) in [6, 6.07) is -0.216. The Hall–Kier alpha value is -0.730. The first-order valence-corrected chi connectivity index (χ1v) is 6.53. The Bertz CT molecular complexity index is 208. The molecule has 0 saturated carbocycles. The Morgan fingerprint density at radius 3 is 2.06 bits per heavy atom. The van der Waals surface area contributed by atoms with Gasteiger partial charge in [0.25, 0.3) is 0 Å². The molecule has 0 aliphatic rings. The molecule has 18 heavy (non-hydrogen) atoms. The van der Waals surface area contributed by atoms with Crippen LogP contribution in [0.4, 0.5) is 0 Å². The minimum atomic E-state index is -0.216. The summed E-state index contributed by atoms with van der Waals surface area (Å²) in [4.78, 5) is 14.1. The summed E-state index contributed by atoms with van der Waals surface area (Å²) in [5.41, 5.74) is 22.0. The zero-order valence-electron chi connectivity index (χ0n) is 11.1. The predicted molar refractivity (Wildman–Crippen MR) is 73.8 cm³/mol. The van der Waals surface area contributed by atoms with Crippen molar-refractivity contribution in [2.45, 2.75) is 18.9 Å². The zero-order valence-corrected chi connectivity index (χ0v) is 11.1. The molecule has 7 nitrogen and oxygen atoms in total. The van der Waals surface area contributed by atoms with Gasteiger partial charge in [-0.3, -0.25) is 9.69 Å². The lowest BCUT2D eigenvalue weighted by molar-refractivity contribution is -0.126. The predicted octanol–water partition coefficient (Wildman–Crippen LogP) is -2.61. The Labute approximate surface area is 109 Å². The maximum Gasteiger partial charge on any atom is 0.237 e. The van der Waals surface area contributed by atoms with Crippen molar-refractivity contribution >= 4 is 5.91 Å². The van der Waals surface area contributed by atoms with E-state index in [1.54, 1.807) is 0 Å². The van der Waals surface area contributed by atoms with Crippen molar-refractivity contribution in [2.24, 2.45) is 22.9 Å². The number of nitrogens with zero attached hydrogens (tertiary/aromatic N) is 1. The molecule has 9 N–H and O–H groups in total. The van der Waals surface area contributed by atoms with E-state index in [2.05, 4.69) is 5.32 Å². The second kappa shape index (κ2) is 11.4. The number of carbonyl (C=O) groups is 1. The molecular formula is C11H28N6O. The Balaban J connectivity index is 4.52. The first-order chi connectivity index (χ1) is 8.71. The lowest BCUT2D eigenvalue weighted by Gasteiger charge is -2.30. The zero-order chi connectivity index (χ0) is 13.8. The molecular weight excluding hydrogens is 232 g/mol. The van der Waals surface area contributed by atoms with Crippen molar-refractivity contribution in [2.75, 3.05) is 45.8 Å². The van der Waals surface area contributed by atoms with E-state index in [1.165, 1.54) is 0 Å². The van der Waals surface area contributed by atoms with Crippen LogP contribution in [0, 0.1) is 0 Å². The Morgan fingerprint density at radius 2 is 1.61 bits per heavy atom. The van der Waals surface area contributed by atoms with Gasteiger partial charge in [-0.2, -0.15) is 0 Å².